The first kappa shape index (κ1) is 16.2. The van der Waals surface area contributed by atoms with Gasteiger partial charge in [-0.1, -0.05) is 36.4 Å². The number of methoxy groups -OCH3 is 1. The van der Waals surface area contributed by atoms with Gasteiger partial charge < -0.3 is 9.64 Å². The Bertz CT molecular complexity index is 743. The minimum absolute atomic E-state index is 0.0863. The molecule has 1 atom stereocenters. The lowest BCUT2D eigenvalue weighted by atomic mass is 10.0. The molecule has 1 heterocycles. The van der Waals surface area contributed by atoms with E-state index in [-0.39, 0.29) is 11.9 Å². The van der Waals surface area contributed by atoms with E-state index in [1.165, 1.54) is 18.4 Å². The summed E-state index contributed by atoms with van der Waals surface area (Å²) in [5.74, 6) is 0.807. The number of hydrogen-bond acceptors (Lipinski definition) is 3. The highest BCUT2D eigenvalue weighted by Gasteiger charge is 2.38. The fraction of sp³-hybridized carbons (Fsp3) is 0.381. The monoisotopic (exact) mass is 336 g/mol. The molecule has 4 nitrogen and oxygen atoms in total. The van der Waals surface area contributed by atoms with Gasteiger partial charge in [0, 0.05) is 31.2 Å². The zero-order chi connectivity index (χ0) is 17.2. The van der Waals surface area contributed by atoms with Crippen molar-refractivity contribution in [3.63, 3.8) is 0 Å². The van der Waals surface area contributed by atoms with Crippen LogP contribution in [0.1, 0.15) is 34.8 Å². The first-order valence-electron chi connectivity index (χ1n) is 9.00. The Morgan fingerprint density at radius 2 is 1.84 bits per heavy atom. The average molecular weight is 336 g/mol. The van der Waals surface area contributed by atoms with E-state index in [4.69, 9.17) is 4.74 Å². The van der Waals surface area contributed by atoms with E-state index in [0.717, 1.165) is 31.4 Å². The van der Waals surface area contributed by atoms with Crippen molar-refractivity contribution in [2.45, 2.75) is 24.9 Å². The number of rotatable bonds is 4. The van der Waals surface area contributed by atoms with E-state index >= 15 is 0 Å². The molecule has 2 aromatic carbocycles. The summed E-state index contributed by atoms with van der Waals surface area (Å²) in [6.45, 7) is 2.65. The van der Waals surface area contributed by atoms with Gasteiger partial charge in [-0.25, -0.2) is 0 Å². The van der Waals surface area contributed by atoms with Crippen molar-refractivity contribution in [1.29, 1.82) is 0 Å². The minimum atomic E-state index is 0.0863. The molecular weight excluding hydrogens is 312 g/mol. The SMILES string of the molecule is COc1cccc(C(=O)N2CCN(C3CC3)CC2c2ccccc2)c1. The second kappa shape index (κ2) is 6.89. The molecule has 1 unspecified atom stereocenters. The van der Waals surface area contributed by atoms with Crippen molar-refractivity contribution in [3.05, 3.63) is 65.7 Å². The minimum Gasteiger partial charge on any atom is -0.497 e. The summed E-state index contributed by atoms with van der Waals surface area (Å²) in [7, 11) is 1.63. The quantitative estimate of drug-likeness (QED) is 0.858. The first-order chi connectivity index (χ1) is 12.3. The van der Waals surface area contributed by atoms with E-state index in [9.17, 15) is 4.79 Å². The van der Waals surface area contributed by atoms with E-state index in [2.05, 4.69) is 29.2 Å². The van der Waals surface area contributed by atoms with Gasteiger partial charge in [-0.15, -0.1) is 0 Å². The molecule has 0 spiro atoms. The third-order valence-corrected chi connectivity index (χ3v) is 5.24. The smallest absolute Gasteiger partial charge is 0.254 e. The Morgan fingerprint density at radius 3 is 2.56 bits per heavy atom. The lowest BCUT2D eigenvalue weighted by molar-refractivity contribution is 0.0432. The van der Waals surface area contributed by atoms with Crippen LogP contribution in [-0.2, 0) is 0 Å². The molecule has 0 N–H and O–H groups in total. The van der Waals surface area contributed by atoms with Crippen molar-refractivity contribution in [3.8, 4) is 5.75 Å². The van der Waals surface area contributed by atoms with Crippen molar-refractivity contribution in [1.82, 2.24) is 9.80 Å². The van der Waals surface area contributed by atoms with Gasteiger partial charge in [0.2, 0.25) is 0 Å². The molecule has 1 aliphatic heterocycles. The highest BCUT2D eigenvalue weighted by Crippen LogP contribution is 2.34. The van der Waals surface area contributed by atoms with Crippen molar-refractivity contribution < 1.29 is 9.53 Å². The van der Waals surface area contributed by atoms with Crippen molar-refractivity contribution >= 4 is 5.91 Å². The highest BCUT2D eigenvalue weighted by molar-refractivity contribution is 5.95. The van der Waals surface area contributed by atoms with Gasteiger partial charge in [0.05, 0.1) is 13.2 Å². The third-order valence-electron chi connectivity index (χ3n) is 5.24. The van der Waals surface area contributed by atoms with Gasteiger partial charge in [-0.2, -0.15) is 0 Å². The fourth-order valence-electron chi connectivity index (χ4n) is 3.70. The summed E-state index contributed by atoms with van der Waals surface area (Å²) < 4.78 is 5.28. The van der Waals surface area contributed by atoms with Crippen LogP contribution in [-0.4, -0.2) is 48.5 Å². The lowest BCUT2D eigenvalue weighted by Gasteiger charge is -2.42. The Kier molecular flexibility index (Phi) is 4.45. The summed E-state index contributed by atoms with van der Waals surface area (Å²) in [6, 6.07) is 18.7. The molecule has 1 saturated carbocycles. The Labute approximate surface area is 149 Å². The molecule has 2 fully saturated rings. The zero-order valence-corrected chi connectivity index (χ0v) is 14.6. The molecule has 130 valence electrons. The number of hydrogen-bond donors (Lipinski definition) is 0. The predicted molar refractivity (Wildman–Crippen MR) is 97.8 cm³/mol. The van der Waals surface area contributed by atoms with Gasteiger partial charge in [-0.3, -0.25) is 9.69 Å². The van der Waals surface area contributed by atoms with Crippen LogP contribution in [0, 0.1) is 0 Å². The molecule has 1 amide bonds. The van der Waals surface area contributed by atoms with E-state index in [1.54, 1.807) is 7.11 Å². The van der Waals surface area contributed by atoms with Crippen LogP contribution in [0.2, 0.25) is 0 Å². The normalized spacial score (nSPS) is 21.2. The van der Waals surface area contributed by atoms with Crippen LogP contribution in [0.5, 0.6) is 5.75 Å². The number of piperazine rings is 1. The molecule has 1 aliphatic carbocycles. The Hall–Kier alpha value is -2.33. The van der Waals surface area contributed by atoms with Crippen LogP contribution in [0.25, 0.3) is 0 Å². The summed E-state index contributed by atoms with van der Waals surface area (Å²) in [4.78, 5) is 17.8. The van der Waals surface area contributed by atoms with Crippen LogP contribution in [0.4, 0.5) is 0 Å². The van der Waals surface area contributed by atoms with Gasteiger partial charge >= 0.3 is 0 Å². The Morgan fingerprint density at radius 1 is 1.04 bits per heavy atom. The molecule has 0 bridgehead atoms. The van der Waals surface area contributed by atoms with E-state index in [0.29, 0.717) is 5.56 Å². The second-order valence-electron chi connectivity index (χ2n) is 6.88. The second-order valence-corrected chi connectivity index (χ2v) is 6.88. The van der Waals surface area contributed by atoms with Crippen LogP contribution >= 0.6 is 0 Å². The molecule has 1 saturated heterocycles. The number of carbonyl (C=O) groups excluding carboxylic acids is 1. The molecule has 0 radical (unpaired) electrons. The van der Waals surface area contributed by atoms with Gasteiger partial charge in [0.25, 0.3) is 5.91 Å². The van der Waals surface area contributed by atoms with Crippen molar-refractivity contribution in [2.75, 3.05) is 26.7 Å². The van der Waals surface area contributed by atoms with Gasteiger partial charge in [0.1, 0.15) is 5.75 Å². The summed E-state index contributed by atoms with van der Waals surface area (Å²) in [5, 5.41) is 0. The maximum absolute atomic E-state index is 13.2. The topological polar surface area (TPSA) is 32.8 Å². The predicted octanol–water partition coefficient (Wildman–Crippen LogP) is 3.36. The molecule has 2 aliphatic rings. The largest absolute Gasteiger partial charge is 0.497 e. The highest BCUT2D eigenvalue weighted by atomic mass is 16.5. The van der Waals surface area contributed by atoms with E-state index < -0.39 is 0 Å². The molecule has 2 aromatic rings. The maximum atomic E-state index is 13.2. The lowest BCUT2D eigenvalue weighted by Crippen LogP contribution is -2.51. The average Bonchev–Trinajstić information content (AvgIpc) is 3.53. The fourth-order valence-corrected chi connectivity index (χ4v) is 3.70. The summed E-state index contributed by atoms with van der Waals surface area (Å²) in [5.41, 5.74) is 1.91. The van der Waals surface area contributed by atoms with E-state index in [1.807, 2.05) is 35.2 Å². The summed E-state index contributed by atoms with van der Waals surface area (Å²) >= 11 is 0. The van der Waals surface area contributed by atoms with Gasteiger partial charge in [-0.05, 0) is 36.6 Å². The maximum Gasteiger partial charge on any atom is 0.254 e. The number of benzene rings is 2. The molecule has 4 rings (SSSR count). The number of carbonyl (C=O) groups is 1. The van der Waals surface area contributed by atoms with Crippen LogP contribution < -0.4 is 4.74 Å². The molecule has 25 heavy (non-hydrogen) atoms. The summed E-state index contributed by atoms with van der Waals surface area (Å²) in [6.07, 6.45) is 2.59. The Balaban J connectivity index is 1.62. The first-order valence-corrected chi connectivity index (χ1v) is 9.00. The standard InChI is InChI=1S/C21H24N2O2/c1-25-19-9-5-8-17(14-19)21(24)23-13-12-22(18-10-11-18)15-20(23)16-6-3-2-4-7-16/h2-9,14,18,20H,10-13,15H2,1H3. The zero-order valence-electron chi connectivity index (χ0n) is 14.6. The number of nitrogens with zero attached hydrogens (tertiary/aromatic N) is 2. The third kappa shape index (κ3) is 3.40. The van der Waals surface area contributed by atoms with Crippen molar-refractivity contribution in [2.24, 2.45) is 0 Å². The molecule has 4 heteroatoms. The van der Waals surface area contributed by atoms with Gasteiger partial charge in [0.15, 0.2) is 0 Å². The van der Waals surface area contributed by atoms with Crippen LogP contribution in [0.15, 0.2) is 54.6 Å². The molecular formula is C21H24N2O2. The number of amides is 1. The molecule has 0 aromatic heterocycles. The number of ether oxygens (including phenoxy) is 1. The van der Waals surface area contributed by atoms with Crippen LogP contribution in [0.3, 0.4) is 0 Å².